The molecule has 0 saturated carbocycles. The monoisotopic (exact) mass is 188 g/mol. The number of carboxylic acid groups (broad SMARTS) is 1. The molecule has 0 aliphatic rings. The first-order chi connectivity index (χ1) is 5.86. The number of unbranched alkanes of at least 4 members (excludes halogenated alkanes) is 1. The number of hydrogen-bond acceptors (Lipinski definition) is 2. The second kappa shape index (κ2) is 5.22. The van der Waals surface area contributed by atoms with Gasteiger partial charge in [-0.1, -0.05) is 12.8 Å². The molecule has 0 aromatic heterocycles. The van der Waals surface area contributed by atoms with Gasteiger partial charge < -0.3 is 10.2 Å². The largest absolute Gasteiger partial charge is 0.481 e. The van der Waals surface area contributed by atoms with E-state index >= 15 is 0 Å². The fourth-order valence-corrected chi connectivity index (χ4v) is 1.11. The maximum absolute atomic E-state index is 10.7. The molecular formula is C10H20O3. The molecule has 2 N–H and O–H groups in total. The maximum Gasteiger partial charge on any atom is 0.309 e. The maximum atomic E-state index is 10.7. The van der Waals surface area contributed by atoms with Crippen LogP contribution in [0.2, 0.25) is 0 Å². The molecule has 0 rings (SSSR count). The smallest absolute Gasteiger partial charge is 0.309 e. The van der Waals surface area contributed by atoms with Crippen molar-refractivity contribution in [3.05, 3.63) is 0 Å². The number of rotatable bonds is 6. The number of aliphatic carboxylic acids is 1. The van der Waals surface area contributed by atoms with Crippen LogP contribution in [0.25, 0.3) is 0 Å². The Morgan fingerprint density at radius 1 is 1.38 bits per heavy atom. The van der Waals surface area contributed by atoms with Crippen molar-refractivity contribution in [2.75, 3.05) is 0 Å². The van der Waals surface area contributed by atoms with Gasteiger partial charge >= 0.3 is 5.97 Å². The van der Waals surface area contributed by atoms with Gasteiger partial charge in [-0.05, 0) is 33.6 Å². The zero-order valence-corrected chi connectivity index (χ0v) is 8.71. The van der Waals surface area contributed by atoms with Gasteiger partial charge in [0.05, 0.1) is 11.5 Å². The average Bonchev–Trinajstić information content (AvgIpc) is 1.97. The third-order valence-electron chi connectivity index (χ3n) is 2.25. The predicted octanol–water partition coefficient (Wildman–Crippen LogP) is 2.04. The van der Waals surface area contributed by atoms with Crippen molar-refractivity contribution in [2.45, 2.75) is 52.6 Å². The first-order valence-corrected chi connectivity index (χ1v) is 4.78. The molecule has 78 valence electrons. The Kier molecular flexibility index (Phi) is 4.99. The minimum atomic E-state index is -0.746. The molecular weight excluding hydrogens is 168 g/mol. The van der Waals surface area contributed by atoms with Crippen LogP contribution in [0.4, 0.5) is 0 Å². The molecule has 1 unspecified atom stereocenters. The van der Waals surface area contributed by atoms with Gasteiger partial charge in [0, 0.05) is 0 Å². The Morgan fingerprint density at radius 3 is 2.31 bits per heavy atom. The number of aliphatic hydroxyl groups excluding tert-OH is 1. The molecule has 0 heterocycles. The lowest BCUT2D eigenvalue weighted by Gasteiger charge is -2.18. The highest BCUT2D eigenvalue weighted by molar-refractivity contribution is 5.73. The highest BCUT2D eigenvalue weighted by Gasteiger charge is 2.25. The molecule has 1 atom stereocenters. The van der Waals surface area contributed by atoms with E-state index in [-0.39, 0.29) is 6.10 Å². The van der Waals surface area contributed by atoms with Crippen LogP contribution in [-0.2, 0) is 4.79 Å². The first kappa shape index (κ1) is 12.4. The van der Waals surface area contributed by atoms with E-state index in [1.807, 2.05) is 0 Å². The fraction of sp³-hybridized carbons (Fsp3) is 0.900. The summed E-state index contributed by atoms with van der Waals surface area (Å²) in [5, 5.41) is 17.8. The van der Waals surface area contributed by atoms with Crippen LogP contribution in [0.1, 0.15) is 46.5 Å². The Hall–Kier alpha value is -0.570. The SMILES string of the molecule is CC(O)CCCCC(C)(C)C(=O)O. The lowest BCUT2D eigenvalue weighted by atomic mass is 9.87. The Bertz CT molecular complexity index is 162. The number of carboxylic acids is 1. The fourth-order valence-electron chi connectivity index (χ4n) is 1.11. The van der Waals surface area contributed by atoms with Crippen molar-refractivity contribution in [1.82, 2.24) is 0 Å². The molecule has 13 heavy (non-hydrogen) atoms. The summed E-state index contributed by atoms with van der Waals surface area (Å²) in [7, 11) is 0. The van der Waals surface area contributed by atoms with Gasteiger partial charge in [0.1, 0.15) is 0 Å². The number of hydrogen-bond donors (Lipinski definition) is 2. The first-order valence-electron chi connectivity index (χ1n) is 4.78. The molecule has 0 fully saturated rings. The summed E-state index contributed by atoms with van der Waals surface area (Å²) in [6, 6.07) is 0. The van der Waals surface area contributed by atoms with Gasteiger partial charge in [0.25, 0.3) is 0 Å². The lowest BCUT2D eigenvalue weighted by molar-refractivity contribution is -0.147. The molecule has 0 saturated heterocycles. The van der Waals surface area contributed by atoms with E-state index in [0.29, 0.717) is 6.42 Å². The van der Waals surface area contributed by atoms with E-state index < -0.39 is 11.4 Å². The van der Waals surface area contributed by atoms with Crippen LogP contribution in [-0.4, -0.2) is 22.3 Å². The van der Waals surface area contributed by atoms with Gasteiger partial charge in [-0.15, -0.1) is 0 Å². The minimum Gasteiger partial charge on any atom is -0.481 e. The minimum absolute atomic E-state index is 0.270. The zero-order valence-electron chi connectivity index (χ0n) is 8.71. The van der Waals surface area contributed by atoms with E-state index in [4.69, 9.17) is 10.2 Å². The van der Waals surface area contributed by atoms with Crippen molar-refractivity contribution in [2.24, 2.45) is 5.41 Å². The van der Waals surface area contributed by atoms with Gasteiger partial charge in [0.2, 0.25) is 0 Å². The molecule has 0 radical (unpaired) electrons. The highest BCUT2D eigenvalue weighted by atomic mass is 16.4. The Balaban J connectivity index is 3.58. The molecule has 0 aliphatic carbocycles. The summed E-state index contributed by atoms with van der Waals surface area (Å²) in [5.41, 5.74) is -0.626. The van der Waals surface area contributed by atoms with E-state index in [9.17, 15) is 4.79 Å². The Labute approximate surface area is 79.8 Å². The average molecular weight is 188 g/mol. The standard InChI is InChI=1S/C10H20O3/c1-8(11)6-4-5-7-10(2,3)9(12)13/h8,11H,4-7H2,1-3H3,(H,12,13). The molecule has 3 heteroatoms. The summed E-state index contributed by atoms with van der Waals surface area (Å²) in [5.74, 6) is -0.746. The van der Waals surface area contributed by atoms with E-state index in [1.54, 1.807) is 20.8 Å². The third kappa shape index (κ3) is 5.64. The number of carbonyl (C=O) groups is 1. The second-order valence-corrected chi connectivity index (χ2v) is 4.28. The predicted molar refractivity (Wildman–Crippen MR) is 51.6 cm³/mol. The van der Waals surface area contributed by atoms with Crippen molar-refractivity contribution in [3.8, 4) is 0 Å². The van der Waals surface area contributed by atoms with Crippen molar-refractivity contribution >= 4 is 5.97 Å². The van der Waals surface area contributed by atoms with Gasteiger partial charge in [-0.25, -0.2) is 0 Å². The van der Waals surface area contributed by atoms with Gasteiger partial charge in [-0.3, -0.25) is 4.79 Å². The highest BCUT2D eigenvalue weighted by Crippen LogP contribution is 2.23. The van der Waals surface area contributed by atoms with E-state index in [0.717, 1.165) is 19.3 Å². The topological polar surface area (TPSA) is 57.5 Å². The van der Waals surface area contributed by atoms with Crippen LogP contribution in [0.5, 0.6) is 0 Å². The summed E-state index contributed by atoms with van der Waals surface area (Å²) >= 11 is 0. The Morgan fingerprint density at radius 2 is 1.92 bits per heavy atom. The zero-order chi connectivity index (χ0) is 10.5. The van der Waals surface area contributed by atoms with Crippen molar-refractivity contribution in [1.29, 1.82) is 0 Å². The van der Waals surface area contributed by atoms with Crippen LogP contribution in [0.15, 0.2) is 0 Å². The van der Waals surface area contributed by atoms with Crippen molar-refractivity contribution in [3.63, 3.8) is 0 Å². The van der Waals surface area contributed by atoms with Crippen LogP contribution in [0, 0.1) is 5.41 Å². The van der Waals surface area contributed by atoms with Crippen LogP contribution >= 0.6 is 0 Å². The molecule has 0 aromatic carbocycles. The molecule has 0 aliphatic heterocycles. The number of aliphatic hydroxyl groups is 1. The molecule has 0 spiro atoms. The third-order valence-corrected chi connectivity index (χ3v) is 2.25. The van der Waals surface area contributed by atoms with Crippen molar-refractivity contribution < 1.29 is 15.0 Å². The molecule has 0 amide bonds. The summed E-state index contributed by atoms with van der Waals surface area (Å²) in [6.07, 6.45) is 2.93. The summed E-state index contributed by atoms with van der Waals surface area (Å²) in [4.78, 5) is 10.7. The quantitative estimate of drug-likeness (QED) is 0.627. The van der Waals surface area contributed by atoms with E-state index in [2.05, 4.69) is 0 Å². The van der Waals surface area contributed by atoms with E-state index in [1.165, 1.54) is 0 Å². The molecule has 0 aromatic rings. The molecule has 3 nitrogen and oxygen atoms in total. The molecule has 0 bridgehead atoms. The second-order valence-electron chi connectivity index (χ2n) is 4.28. The lowest BCUT2D eigenvalue weighted by Crippen LogP contribution is -2.23. The summed E-state index contributed by atoms with van der Waals surface area (Å²) in [6.45, 7) is 5.22. The van der Waals surface area contributed by atoms with Gasteiger partial charge in [-0.2, -0.15) is 0 Å². The summed E-state index contributed by atoms with van der Waals surface area (Å²) < 4.78 is 0. The van der Waals surface area contributed by atoms with Crippen LogP contribution in [0.3, 0.4) is 0 Å². The normalized spacial score (nSPS) is 14.2. The van der Waals surface area contributed by atoms with Crippen LogP contribution < -0.4 is 0 Å². The van der Waals surface area contributed by atoms with Gasteiger partial charge in [0.15, 0.2) is 0 Å².